The zero-order valence-corrected chi connectivity index (χ0v) is 18.3. The van der Waals surface area contributed by atoms with Crippen LogP contribution in [0.3, 0.4) is 0 Å². The van der Waals surface area contributed by atoms with Crippen molar-refractivity contribution in [3.05, 3.63) is 0 Å². The zero-order valence-electron chi connectivity index (χ0n) is 16.0. The molecule has 0 aromatic rings. The standard InChI is InChI=1S/C18H35N5O.HI/c1-3-16(21-7-4-5-8-21)14-20-18(19-2)23-9-6-17(15-23)22-10-12-24-13-11-22;/h16-17H,3-15H2,1-2H3,(H,19,20);1H. The summed E-state index contributed by atoms with van der Waals surface area (Å²) in [5.41, 5.74) is 0. The predicted molar refractivity (Wildman–Crippen MR) is 114 cm³/mol. The van der Waals surface area contributed by atoms with E-state index in [0.29, 0.717) is 12.1 Å². The first-order chi connectivity index (χ1) is 11.8. The molecule has 1 N–H and O–H groups in total. The van der Waals surface area contributed by atoms with Gasteiger partial charge in [-0.3, -0.25) is 14.8 Å². The minimum absolute atomic E-state index is 0. The Balaban J connectivity index is 0.00000225. The lowest BCUT2D eigenvalue weighted by molar-refractivity contribution is 0.0194. The van der Waals surface area contributed by atoms with E-state index >= 15 is 0 Å². The molecule has 0 bridgehead atoms. The summed E-state index contributed by atoms with van der Waals surface area (Å²) >= 11 is 0. The lowest BCUT2D eigenvalue weighted by atomic mass is 10.2. The molecule has 0 spiro atoms. The molecule has 0 aromatic carbocycles. The summed E-state index contributed by atoms with van der Waals surface area (Å²) in [6.07, 6.45) is 5.17. The van der Waals surface area contributed by atoms with Gasteiger partial charge in [0.1, 0.15) is 0 Å². The maximum Gasteiger partial charge on any atom is 0.193 e. The van der Waals surface area contributed by atoms with Crippen LogP contribution in [0.1, 0.15) is 32.6 Å². The zero-order chi connectivity index (χ0) is 16.8. The van der Waals surface area contributed by atoms with E-state index in [0.717, 1.165) is 51.9 Å². The average molecular weight is 465 g/mol. The van der Waals surface area contributed by atoms with Gasteiger partial charge in [0.2, 0.25) is 0 Å². The van der Waals surface area contributed by atoms with Crippen LogP contribution < -0.4 is 5.32 Å². The Hall–Kier alpha value is -0.120. The van der Waals surface area contributed by atoms with Crippen LogP contribution in [-0.2, 0) is 4.74 Å². The summed E-state index contributed by atoms with van der Waals surface area (Å²) in [6.45, 7) is 12.0. The number of morpholine rings is 1. The van der Waals surface area contributed by atoms with E-state index in [9.17, 15) is 0 Å². The van der Waals surface area contributed by atoms with Gasteiger partial charge < -0.3 is 15.0 Å². The highest BCUT2D eigenvalue weighted by molar-refractivity contribution is 14.0. The minimum Gasteiger partial charge on any atom is -0.379 e. The van der Waals surface area contributed by atoms with E-state index in [4.69, 9.17) is 4.74 Å². The highest BCUT2D eigenvalue weighted by atomic mass is 127. The molecular formula is C18H36IN5O. The molecule has 3 aliphatic rings. The van der Waals surface area contributed by atoms with Crippen LogP contribution in [0.4, 0.5) is 0 Å². The third-order valence-corrected chi connectivity index (χ3v) is 5.86. The van der Waals surface area contributed by atoms with E-state index in [2.05, 4.69) is 31.9 Å². The topological polar surface area (TPSA) is 43.3 Å². The lowest BCUT2D eigenvalue weighted by Crippen LogP contribution is -2.49. The maximum absolute atomic E-state index is 5.48. The molecule has 3 saturated heterocycles. The molecule has 0 aromatic heterocycles. The molecule has 2 atom stereocenters. The molecule has 6 nitrogen and oxygen atoms in total. The van der Waals surface area contributed by atoms with Crippen LogP contribution in [0, 0.1) is 0 Å². The van der Waals surface area contributed by atoms with Crippen LogP contribution in [0.2, 0.25) is 0 Å². The molecule has 3 fully saturated rings. The first kappa shape index (κ1) is 21.2. The van der Waals surface area contributed by atoms with Gasteiger partial charge in [0.25, 0.3) is 0 Å². The Kier molecular flexibility index (Phi) is 9.23. The normalized spacial score (nSPS) is 27.4. The molecule has 2 unspecified atom stereocenters. The number of aliphatic imine (C=N–C) groups is 1. The fraction of sp³-hybridized carbons (Fsp3) is 0.944. The largest absolute Gasteiger partial charge is 0.379 e. The average Bonchev–Trinajstić information content (AvgIpc) is 3.32. The van der Waals surface area contributed by atoms with Crippen molar-refractivity contribution >= 4 is 29.9 Å². The summed E-state index contributed by atoms with van der Waals surface area (Å²) in [6, 6.07) is 1.30. The van der Waals surface area contributed by atoms with Crippen molar-refractivity contribution in [1.82, 2.24) is 20.0 Å². The number of nitrogens with zero attached hydrogens (tertiary/aromatic N) is 4. The monoisotopic (exact) mass is 465 g/mol. The van der Waals surface area contributed by atoms with Crippen molar-refractivity contribution in [2.45, 2.75) is 44.7 Å². The van der Waals surface area contributed by atoms with Gasteiger partial charge >= 0.3 is 0 Å². The number of ether oxygens (including phenoxy) is 1. The number of guanidine groups is 1. The highest BCUT2D eigenvalue weighted by Crippen LogP contribution is 2.17. The van der Waals surface area contributed by atoms with Crippen molar-refractivity contribution in [3.8, 4) is 0 Å². The Bertz CT molecular complexity index is 410. The molecule has 3 heterocycles. The van der Waals surface area contributed by atoms with Crippen molar-refractivity contribution in [2.75, 3.05) is 66.1 Å². The number of hydrogen-bond donors (Lipinski definition) is 1. The summed E-state index contributed by atoms with van der Waals surface area (Å²) in [4.78, 5) is 12.2. The van der Waals surface area contributed by atoms with E-state index in [1.54, 1.807) is 0 Å². The van der Waals surface area contributed by atoms with E-state index in [1.807, 2.05) is 7.05 Å². The third-order valence-electron chi connectivity index (χ3n) is 5.86. The first-order valence-corrected chi connectivity index (χ1v) is 9.83. The second-order valence-electron chi connectivity index (χ2n) is 7.27. The smallest absolute Gasteiger partial charge is 0.193 e. The number of halogens is 1. The molecule has 0 saturated carbocycles. The van der Waals surface area contributed by atoms with E-state index < -0.39 is 0 Å². The van der Waals surface area contributed by atoms with Crippen LogP contribution >= 0.6 is 24.0 Å². The van der Waals surface area contributed by atoms with Gasteiger partial charge in [0, 0.05) is 51.9 Å². The highest BCUT2D eigenvalue weighted by Gasteiger charge is 2.30. The Morgan fingerprint density at radius 3 is 2.52 bits per heavy atom. The summed E-state index contributed by atoms with van der Waals surface area (Å²) in [5.74, 6) is 1.09. The van der Waals surface area contributed by atoms with Gasteiger partial charge in [0.05, 0.1) is 13.2 Å². The SMILES string of the molecule is CCC(CNC(=NC)N1CCC(N2CCOCC2)C1)N1CCCC1.I. The molecular weight excluding hydrogens is 429 g/mol. The van der Waals surface area contributed by atoms with Gasteiger partial charge in [-0.15, -0.1) is 24.0 Å². The quantitative estimate of drug-likeness (QED) is 0.379. The molecule has 7 heteroatoms. The number of likely N-dealkylation sites (tertiary alicyclic amines) is 2. The fourth-order valence-corrected chi connectivity index (χ4v) is 4.35. The van der Waals surface area contributed by atoms with Gasteiger partial charge in [-0.05, 0) is 38.8 Å². The van der Waals surface area contributed by atoms with Crippen molar-refractivity contribution in [1.29, 1.82) is 0 Å². The van der Waals surface area contributed by atoms with Crippen molar-refractivity contribution < 1.29 is 4.74 Å². The summed E-state index contributed by atoms with van der Waals surface area (Å²) < 4.78 is 5.48. The van der Waals surface area contributed by atoms with Crippen LogP contribution in [-0.4, -0.2) is 98.8 Å². The van der Waals surface area contributed by atoms with Gasteiger partial charge in [0.15, 0.2) is 5.96 Å². The van der Waals surface area contributed by atoms with Crippen molar-refractivity contribution in [3.63, 3.8) is 0 Å². The number of rotatable bonds is 5. The van der Waals surface area contributed by atoms with Crippen LogP contribution in [0.25, 0.3) is 0 Å². The fourth-order valence-electron chi connectivity index (χ4n) is 4.35. The van der Waals surface area contributed by atoms with E-state index in [1.165, 1.54) is 38.8 Å². The first-order valence-electron chi connectivity index (χ1n) is 9.83. The van der Waals surface area contributed by atoms with E-state index in [-0.39, 0.29) is 24.0 Å². The second-order valence-corrected chi connectivity index (χ2v) is 7.27. The Morgan fingerprint density at radius 1 is 1.16 bits per heavy atom. The molecule has 25 heavy (non-hydrogen) atoms. The van der Waals surface area contributed by atoms with Crippen molar-refractivity contribution in [2.24, 2.45) is 4.99 Å². The molecule has 0 aliphatic carbocycles. The lowest BCUT2D eigenvalue weighted by Gasteiger charge is -2.32. The molecule has 0 amide bonds. The van der Waals surface area contributed by atoms with Crippen LogP contribution in [0.15, 0.2) is 4.99 Å². The summed E-state index contributed by atoms with van der Waals surface area (Å²) in [7, 11) is 1.92. The van der Waals surface area contributed by atoms with Gasteiger partial charge in [-0.2, -0.15) is 0 Å². The molecule has 3 aliphatic heterocycles. The van der Waals surface area contributed by atoms with Gasteiger partial charge in [-0.25, -0.2) is 0 Å². The summed E-state index contributed by atoms with van der Waals surface area (Å²) in [5, 5.41) is 3.65. The second kappa shape index (κ2) is 10.9. The number of hydrogen-bond acceptors (Lipinski definition) is 4. The van der Waals surface area contributed by atoms with Gasteiger partial charge in [-0.1, -0.05) is 6.92 Å². The molecule has 146 valence electrons. The molecule has 3 rings (SSSR count). The predicted octanol–water partition coefficient (Wildman–Crippen LogP) is 1.46. The maximum atomic E-state index is 5.48. The third kappa shape index (κ3) is 5.68. The minimum atomic E-state index is 0. The van der Waals surface area contributed by atoms with Crippen LogP contribution in [0.5, 0.6) is 0 Å². The molecule has 0 radical (unpaired) electrons. The number of nitrogens with one attached hydrogen (secondary N) is 1. The Labute approximate surface area is 170 Å². The Morgan fingerprint density at radius 2 is 1.88 bits per heavy atom.